The van der Waals surface area contributed by atoms with E-state index in [0.717, 1.165) is 57.5 Å². The predicted molar refractivity (Wildman–Crippen MR) is 113 cm³/mol. The van der Waals surface area contributed by atoms with Crippen LogP contribution in [0.3, 0.4) is 0 Å². The fourth-order valence-corrected chi connectivity index (χ4v) is 4.27. The molecule has 0 radical (unpaired) electrons. The smallest absolute Gasteiger partial charge is 0.238 e. The molecule has 2 saturated heterocycles. The van der Waals surface area contributed by atoms with Gasteiger partial charge in [-0.25, -0.2) is 0 Å². The van der Waals surface area contributed by atoms with Gasteiger partial charge in [0.1, 0.15) is 0 Å². The van der Waals surface area contributed by atoms with Crippen molar-refractivity contribution in [3.63, 3.8) is 0 Å². The third kappa shape index (κ3) is 5.81. The van der Waals surface area contributed by atoms with E-state index >= 15 is 0 Å². The van der Waals surface area contributed by atoms with E-state index < -0.39 is 0 Å². The van der Waals surface area contributed by atoms with Crippen molar-refractivity contribution in [1.82, 2.24) is 9.80 Å². The Morgan fingerprint density at radius 1 is 1.04 bits per heavy atom. The number of anilines is 1. The molecule has 154 valence electrons. The Kier molecular flexibility index (Phi) is 7.49. The molecule has 2 fully saturated rings. The standard InChI is InChI=1S/C23H35N3O2/c1-18(2)20-8-7-9-21(16-20)24-22(27)17-25-14-10-19(11-15-25)23(28)26-12-5-3-4-6-13-26/h7-9,16,18-19H,3-6,10-15,17H2,1-2H3,(H,24,27). The van der Waals surface area contributed by atoms with Gasteiger partial charge in [-0.3, -0.25) is 14.5 Å². The number of piperidine rings is 1. The molecule has 3 rings (SSSR count). The van der Waals surface area contributed by atoms with Gasteiger partial charge in [-0.1, -0.05) is 38.8 Å². The van der Waals surface area contributed by atoms with Gasteiger partial charge in [0.25, 0.3) is 0 Å². The summed E-state index contributed by atoms with van der Waals surface area (Å²) in [6, 6.07) is 8.07. The van der Waals surface area contributed by atoms with Crippen molar-refractivity contribution in [3.05, 3.63) is 29.8 Å². The normalized spacial score (nSPS) is 19.5. The van der Waals surface area contributed by atoms with Gasteiger partial charge in [0.15, 0.2) is 0 Å². The van der Waals surface area contributed by atoms with E-state index in [1.54, 1.807) is 0 Å². The summed E-state index contributed by atoms with van der Waals surface area (Å²) < 4.78 is 0. The Labute approximate surface area is 169 Å². The SMILES string of the molecule is CC(C)c1cccc(NC(=O)CN2CCC(C(=O)N3CCCCCC3)CC2)c1. The highest BCUT2D eigenvalue weighted by atomic mass is 16.2. The van der Waals surface area contributed by atoms with E-state index in [9.17, 15) is 9.59 Å². The average molecular weight is 386 g/mol. The van der Waals surface area contributed by atoms with Crippen LogP contribution in [0.5, 0.6) is 0 Å². The first-order valence-electron chi connectivity index (χ1n) is 10.9. The second-order valence-electron chi connectivity index (χ2n) is 8.62. The largest absolute Gasteiger partial charge is 0.342 e. The molecule has 2 aliphatic heterocycles. The minimum atomic E-state index is 0.0261. The number of likely N-dealkylation sites (tertiary alicyclic amines) is 2. The van der Waals surface area contributed by atoms with E-state index in [-0.39, 0.29) is 11.8 Å². The van der Waals surface area contributed by atoms with Crippen LogP contribution in [0.1, 0.15) is 63.9 Å². The number of nitrogens with zero attached hydrogens (tertiary/aromatic N) is 2. The number of carbonyl (C=O) groups excluding carboxylic acids is 2. The van der Waals surface area contributed by atoms with Gasteiger partial charge in [0, 0.05) is 24.7 Å². The van der Waals surface area contributed by atoms with Gasteiger partial charge in [-0.2, -0.15) is 0 Å². The highest BCUT2D eigenvalue weighted by molar-refractivity contribution is 5.92. The molecule has 0 saturated carbocycles. The first kappa shape index (κ1) is 20.8. The van der Waals surface area contributed by atoms with E-state index in [1.807, 2.05) is 12.1 Å². The minimum Gasteiger partial charge on any atom is -0.342 e. The highest BCUT2D eigenvalue weighted by Crippen LogP contribution is 2.22. The van der Waals surface area contributed by atoms with Crippen LogP contribution in [-0.4, -0.2) is 54.3 Å². The van der Waals surface area contributed by atoms with Crippen molar-refractivity contribution < 1.29 is 9.59 Å². The number of benzene rings is 1. The fraction of sp³-hybridized carbons (Fsp3) is 0.652. The summed E-state index contributed by atoms with van der Waals surface area (Å²) in [6.45, 7) is 8.20. The van der Waals surface area contributed by atoms with Crippen molar-refractivity contribution >= 4 is 17.5 Å². The van der Waals surface area contributed by atoms with Crippen LogP contribution >= 0.6 is 0 Å². The van der Waals surface area contributed by atoms with Gasteiger partial charge in [0.05, 0.1) is 6.54 Å². The van der Waals surface area contributed by atoms with Crippen molar-refractivity contribution in [3.8, 4) is 0 Å². The predicted octanol–water partition coefficient (Wildman–Crippen LogP) is 3.86. The van der Waals surface area contributed by atoms with Crippen LogP contribution in [0.4, 0.5) is 5.69 Å². The van der Waals surface area contributed by atoms with E-state index in [0.29, 0.717) is 18.4 Å². The maximum Gasteiger partial charge on any atom is 0.238 e. The Morgan fingerprint density at radius 3 is 2.36 bits per heavy atom. The molecule has 1 aromatic carbocycles. The zero-order valence-corrected chi connectivity index (χ0v) is 17.5. The monoisotopic (exact) mass is 385 g/mol. The van der Waals surface area contributed by atoms with Gasteiger partial charge in [-0.05, 0) is 62.4 Å². The van der Waals surface area contributed by atoms with Gasteiger partial charge >= 0.3 is 0 Å². The zero-order chi connectivity index (χ0) is 19.9. The lowest BCUT2D eigenvalue weighted by Crippen LogP contribution is -2.44. The molecule has 0 unspecified atom stereocenters. The minimum absolute atomic E-state index is 0.0261. The van der Waals surface area contributed by atoms with E-state index in [2.05, 4.69) is 41.1 Å². The van der Waals surface area contributed by atoms with Crippen molar-refractivity contribution in [1.29, 1.82) is 0 Å². The molecule has 1 aromatic rings. The summed E-state index contributed by atoms with van der Waals surface area (Å²) in [5, 5.41) is 3.02. The Hall–Kier alpha value is -1.88. The van der Waals surface area contributed by atoms with Crippen LogP contribution in [-0.2, 0) is 9.59 Å². The van der Waals surface area contributed by atoms with Gasteiger partial charge in [0.2, 0.25) is 11.8 Å². The Morgan fingerprint density at radius 2 is 1.71 bits per heavy atom. The lowest BCUT2D eigenvalue weighted by atomic mass is 9.95. The van der Waals surface area contributed by atoms with E-state index in [4.69, 9.17) is 0 Å². The van der Waals surface area contributed by atoms with E-state index in [1.165, 1.54) is 18.4 Å². The van der Waals surface area contributed by atoms with Crippen molar-refractivity contribution in [2.45, 2.75) is 58.3 Å². The van der Waals surface area contributed by atoms with Crippen molar-refractivity contribution in [2.24, 2.45) is 5.92 Å². The molecular formula is C23H35N3O2. The Bertz CT molecular complexity index is 658. The molecule has 0 bridgehead atoms. The molecule has 0 aromatic heterocycles. The van der Waals surface area contributed by atoms with Crippen molar-refractivity contribution in [2.75, 3.05) is 38.0 Å². The lowest BCUT2D eigenvalue weighted by Gasteiger charge is -2.33. The van der Waals surface area contributed by atoms with Gasteiger partial charge in [-0.15, -0.1) is 0 Å². The van der Waals surface area contributed by atoms with Crippen LogP contribution < -0.4 is 5.32 Å². The summed E-state index contributed by atoms with van der Waals surface area (Å²) in [6.07, 6.45) is 6.51. The number of hydrogen-bond donors (Lipinski definition) is 1. The van der Waals surface area contributed by atoms with Crippen LogP contribution in [0, 0.1) is 5.92 Å². The molecule has 0 spiro atoms. The van der Waals surface area contributed by atoms with Crippen LogP contribution in [0.15, 0.2) is 24.3 Å². The third-order valence-electron chi connectivity index (χ3n) is 6.06. The molecule has 0 aliphatic carbocycles. The number of nitrogens with one attached hydrogen (secondary N) is 1. The first-order valence-corrected chi connectivity index (χ1v) is 10.9. The quantitative estimate of drug-likeness (QED) is 0.837. The fourth-order valence-electron chi connectivity index (χ4n) is 4.27. The van der Waals surface area contributed by atoms with Crippen LogP contribution in [0.2, 0.25) is 0 Å². The molecule has 28 heavy (non-hydrogen) atoms. The second-order valence-corrected chi connectivity index (χ2v) is 8.62. The summed E-state index contributed by atoms with van der Waals surface area (Å²) >= 11 is 0. The molecule has 2 heterocycles. The Balaban J connectivity index is 1.44. The molecule has 5 nitrogen and oxygen atoms in total. The molecule has 2 aliphatic rings. The zero-order valence-electron chi connectivity index (χ0n) is 17.5. The van der Waals surface area contributed by atoms with Crippen LogP contribution in [0.25, 0.3) is 0 Å². The summed E-state index contributed by atoms with van der Waals surface area (Å²) in [5.74, 6) is 0.951. The number of amides is 2. The number of hydrogen-bond acceptors (Lipinski definition) is 3. The highest BCUT2D eigenvalue weighted by Gasteiger charge is 2.29. The second kappa shape index (κ2) is 10.1. The molecule has 2 amide bonds. The molecular weight excluding hydrogens is 350 g/mol. The first-order chi connectivity index (χ1) is 13.5. The average Bonchev–Trinajstić information content (AvgIpc) is 2.97. The lowest BCUT2D eigenvalue weighted by molar-refractivity contribution is -0.137. The maximum absolute atomic E-state index is 12.8. The number of carbonyl (C=O) groups is 2. The maximum atomic E-state index is 12.8. The molecule has 5 heteroatoms. The number of rotatable bonds is 5. The summed E-state index contributed by atoms with van der Waals surface area (Å²) in [5.41, 5.74) is 2.09. The van der Waals surface area contributed by atoms with Gasteiger partial charge < -0.3 is 10.2 Å². The molecule has 0 atom stereocenters. The summed E-state index contributed by atoms with van der Waals surface area (Å²) in [7, 11) is 0. The molecule has 1 N–H and O–H groups in total. The topological polar surface area (TPSA) is 52.7 Å². The summed E-state index contributed by atoms with van der Waals surface area (Å²) in [4.78, 5) is 29.5. The third-order valence-corrected chi connectivity index (χ3v) is 6.06.